The highest BCUT2D eigenvalue weighted by Crippen LogP contribution is 2.35. The van der Waals surface area contributed by atoms with Crippen LogP contribution in [-0.4, -0.2) is 32.7 Å². The van der Waals surface area contributed by atoms with Gasteiger partial charge >= 0.3 is 0 Å². The zero-order chi connectivity index (χ0) is 18.7. The number of anilines is 1. The Kier molecular flexibility index (Phi) is 6.55. The van der Waals surface area contributed by atoms with Gasteiger partial charge in [-0.3, -0.25) is 0 Å². The summed E-state index contributed by atoms with van der Waals surface area (Å²) < 4.78 is 13.7. The van der Waals surface area contributed by atoms with Gasteiger partial charge in [0.25, 0.3) is 0 Å². The number of halogens is 3. The first kappa shape index (κ1) is 19.6. The molecule has 2 N–H and O–H groups in total. The fourth-order valence-corrected chi connectivity index (χ4v) is 3.76. The number of hydrogen-bond donors (Lipinski definition) is 2. The van der Waals surface area contributed by atoms with E-state index in [9.17, 15) is 9.50 Å². The summed E-state index contributed by atoms with van der Waals surface area (Å²) in [6.45, 7) is 1.92. The zero-order valence-corrected chi connectivity index (χ0v) is 16.5. The molecule has 1 fully saturated rings. The van der Waals surface area contributed by atoms with Gasteiger partial charge < -0.3 is 10.4 Å². The zero-order valence-electron chi connectivity index (χ0n) is 14.1. The molecule has 0 radical (unpaired) electrons. The highest BCUT2D eigenvalue weighted by atomic mass is 35.5. The van der Waals surface area contributed by atoms with E-state index in [0.29, 0.717) is 17.0 Å². The lowest BCUT2D eigenvalue weighted by atomic mass is 10.1. The number of nitrogens with zero attached hydrogens (tertiary/aromatic N) is 3. The van der Waals surface area contributed by atoms with E-state index in [1.165, 1.54) is 36.7 Å². The smallest absolute Gasteiger partial charge is 0.228 e. The quantitative estimate of drug-likeness (QED) is 0.605. The van der Waals surface area contributed by atoms with E-state index in [1.54, 1.807) is 6.07 Å². The predicted octanol–water partition coefficient (Wildman–Crippen LogP) is 4.74. The second kappa shape index (κ2) is 8.69. The van der Waals surface area contributed by atoms with Crippen molar-refractivity contribution in [3.05, 3.63) is 39.9 Å². The lowest BCUT2D eigenvalue weighted by molar-refractivity contribution is 0.264. The van der Waals surface area contributed by atoms with Gasteiger partial charge in [0.2, 0.25) is 11.2 Å². The van der Waals surface area contributed by atoms with E-state index in [2.05, 4.69) is 20.3 Å². The maximum absolute atomic E-state index is 13.7. The Hall–Kier alpha value is -1.15. The van der Waals surface area contributed by atoms with Crippen LogP contribution in [0.3, 0.4) is 0 Å². The Morgan fingerprint density at radius 1 is 1.31 bits per heavy atom. The molecule has 1 aliphatic carbocycles. The average molecular weight is 417 g/mol. The molecule has 0 bridgehead atoms. The van der Waals surface area contributed by atoms with Gasteiger partial charge in [-0.2, -0.15) is 15.0 Å². The largest absolute Gasteiger partial charge is 0.394 e. The average Bonchev–Trinajstić information content (AvgIpc) is 3.40. The predicted molar refractivity (Wildman–Crippen MR) is 102 cm³/mol. The van der Waals surface area contributed by atoms with Crippen LogP contribution in [0, 0.1) is 11.7 Å². The molecule has 0 amide bonds. The molecule has 9 heteroatoms. The Morgan fingerprint density at radius 3 is 2.73 bits per heavy atom. The molecule has 3 rings (SSSR count). The molecular weight excluding hydrogens is 398 g/mol. The minimum atomic E-state index is -0.460. The van der Waals surface area contributed by atoms with Crippen molar-refractivity contribution in [3.63, 3.8) is 0 Å². The molecular formula is C17H19Cl2FN4OS. The summed E-state index contributed by atoms with van der Waals surface area (Å²) in [5.74, 6) is 0.533. The summed E-state index contributed by atoms with van der Waals surface area (Å²) in [7, 11) is 0. The minimum absolute atomic E-state index is 0.00271. The number of hydrogen-bond acceptors (Lipinski definition) is 6. The molecule has 0 spiro atoms. The molecule has 1 aliphatic rings. The first-order chi connectivity index (χ1) is 12.4. The van der Waals surface area contributed by atoms with Crippen molar-refractivity contribution < 1.29 is 9.50 Å². The molecule has 140 valence electrons. The summed E-state index contributed by atoms with van der Waals surface area (Å²) in [4.78, 5) is 12.6. The van der Waals surface area contributed by atoms with Crippen molar-refractivity contribution in [2.45, 2.75) is 42.6 Å². The number of aliphatic hydroxyl groups is 1. The van der Waals surface area contributed by atoms with Crippen LogP contribution in [0.2, 0.25) is 10.3 Å². The molecule has 5 nitrogen and oxygen atoms in total. The van der Waals surface area contributed by atoms with Crippen molar-refractivity contribution in [1.29, 1.82) is 0 Å². The van der Waals surface area contributed by atoms with Crippen LogP contribution in [0.4, 0.5) is 10.3 Å². The van der Waals surface area contributed by atoms with Gasteiger partial charge in [-0.1, -0.05) is 42.3 Å². The van der Waals surface area contributed by atoms with Gasteiger partial charge in [-0.05, 0) is 48.6 Å². The molecule has 1 saturated carbocycles. The number of benzene rings is 1. The lowest BCUT2D eigenvalue weighted by Gasteiger charge is -2.16. The number of rotatable bonds is 8. The Balaban J connectivity index is 1.70. The first-order valence-electron chi connectivity index (χ1n) is 8.35. The normalized spacial score (nSPS) is 16.3. The third-order valence-electron chi connectivity index (χ3n) is 4.15. The van der Waals surface area contributed by atoms with Crippen LogP contribution in [0.25, 0.3) is 0 Å². The molecule has 1 aromatic heterocycles. The second-order valence-electron chi connectivity index (χ2n) is 6.35. The number of thioether (sulfide) groups is 1. The minimum Gasteiger partial charge on any atom is -0.394 e. The first-order valence-corrected chi connectivity index (χ1v) is 9.98. The van der Waals surface area contributed by atoms with Crippen LogP contribution in [0.5, 0.6) is 0 Å². The molecule has 1 unspecified atom stereocenters. The Bertz CT molecular complexity index is 778. The molecule has 1 aromatic carbocycles. The van der Waals surface area contributed by atoms with Crippen molar-refractivity contribution in [3.8, 4) is 0 Å². The highest BCUT2D eigenvalue weighted by molar-refractivity contribution is 7.99. The van der Waals surface area contributed by atoms with Crippen LogP contribution in [0.15, 0.2) is 23.4 Å². The van der Waals surface area contributed by atoms with E-state index >= 15 is 0 Å². The van der Waals surface area contributed by atoms with E-state index < -0.39 is 5.82 Å². The maximum atomic E-state index is 13.7. The van der Waals surface area contributed by atoms with Crippen LogP contribution < -0.4 is 5.32 Å². The van der Waals surface area contributed by atoms with Crippen molar-refractivity contribution in [2.24, 2.45) is 5.92 Å². The van der Waals surface area contributed by atoms with Gasteiger partial charge in [-0.15, -0.1) is 0 Å². The van der Waals surface area contributed by atoms with Gasteiger partial charge in [0.05, 0.1) is 17.7 Å². The molecule has 0 saturated heterocycles. The van der Waals surface area contributed by atoms with E-state index in [0.717, 1.165) is 12.0 Å². The molecule has 0 aliphatic heterocycles. The third kappa shape index (κ3) is 5.42. The van der Waals surface area contributed by atoms with E-state index in [-0.39, 0.29) is 28.2 Å². The monoisotopic (exact) mass is 416 g/mol. The van der Waals surface area contributed by atoms with E-state index in [1.807, 2.05) is 6.92 Å². The van der Waals surface area contributed by atoms with Crippen molar-refractivity contribution in [1.82, 2.24) is 15.0 Å². The van der Waals surface area contributed by atoms with Gasteiger partial charge in [0, 0.05) is 5.25 Å². The van der Waals surface area contributed by atoms with Crippen molar-refractivity contribution in [2.75, 3.05) is 11.9 Å². The SMILES string of the molecule is CC(Sc1nc(Cl)nc(N[C@@H](CO)CC2CC2)n1)c1ccc(Cl)c(F)c1. The number of aliphatic hydroxyl groups excluding tert-OH is 1. The summed E-state index contributed by atoms with van der Waals surface area (Å²) in [5, 5.41) is 13.1. The lowest BCUT2D eigenvalue weighted by Crippen LogP contribution is -2.25. The Labute approximate surface area is 165 Å². The Morgan fingerprint density at radius 2 is 2.08 bits per heavy atom. The van der Waals surface area contributed by atoms with E-state index in [4.69, 9.17) is 23.2 Å². The third-order valence-corrected chi connectivity index (χ3v) is 5.65. The summed E-state index contributed by atoms with van der Waals surface area (Å²) in [6.07, 6.45) is 3.28. The topological polar surface area (TPSA) is 70.9 Å². The standard InChI is InChI=1S/C17H19Cl2FN4OS/c1-9(11-4-5-13(18)14(20)7-11)26-17-23-15(19)22-16(24-17)21-12(8-25)6-10-2-3-10/h4-5,7,9-10,12,25H,2-3,6,8H2,1H3,(H,21,22,23,24)/t9?,12-/m1/s1. The van der Waals surface area contributed by atoms with Gasteiger partial charge in [0.1, 0.15) is 5.82 Å². The molecule has 2 atom stereocenters. The number of aromatic nitrogens is 3. The summed E-state index contributed by atoms with van der Waals surface area (Å²) in [6, 6.07) is 4.59. The molecule has 26 heavy (non-hydrogen) atoms. The van der Waals surface area contributed by atoms with Crippen LogP contribution in [0.1, 0.15) is 37.0 Å². The number of nitrogens with one attached hydrogen (secondary N) is 1. The fraction of sp³-hybridized carbons (Fsp3) is 0.471. The van der Waals surface area contributed by atoms with Gasteiger partial charge in [0.15, 0.2) is 5.16 Å². The molecule has 1 heterocycles. The summed E-state index contributed by atoms with van der Waals surface area (Å²) >= 11 is 13.1. The molecule has 2 aromatic rings. The summed E-state index contributed by atoms with van der Waals surface area (Å²) in [5.41, 5.74) is 0.768. The van der Waals surface area contributed by atoms with Crippen molar-refractivity contribution >= 4 is 40.9 Å². The van der Waals surface area contributed by atoms with Crippen LogP contribution in [-0.2, 0) is 0 Å². The second-order valence-corrected chi connectivity index (χ2v) is 8.40. The van der Waals surface area contributed by atoms with Gasteiger partial charge in [-0.25, -0.2) is 4.39 Å². The highest BCUT2D eigenvalue weighted by Gasteiger charge is 2.25. The fourth-order valence-electron chi connectivity index (χ4n) is 2.56. The van der Waals surface area contributed by atoms with Crippen LogP contribution >= 0.6 is 35.0 Å². The maximum Gasteiger partial charge on any atom is 0.228 e.